The minimum atomic E-state index is -4.44. The van der Waals surface area contributed by atoms with Crippen LogP contribution in [-0.2, 0) is 26.9 Å². The number of morpholine rings is 1. The number of carbonyl (C=O) groups is 2. The molecule has 2 fully saturated rings. The normalized spacial score (nSPS) is 23.5. The molecule has 1 aromatic carbocycles. The molecule has 2 saturated heterocycles. The maximum Gasteiger partial charge on any atom is 0.416 e. The van der Waals surface area contributed by atoms with Crippen LogP contribution >= 0.6 is 0 Å². The number of hydrogen-bond donors (Lipinski definition) is 1. The molecule has 2 atom stereocenters. The zero-order chi connectivity index (χ0) is 23.6. The first kappa shape index (κ1) is 23.6. The molecule has 3 aliphatic heterocycles. The number of hydrogen-bond acceptors (Lipinski definition) is 5. The summed E-state index contributed by atoms with van der Waals surface area (Å²) in [6.45, 7) is 7.98. The molecule has 180 valence electrons. The summed E-state index contributed by atoms with van der Waals surface area (Å²) in [7, 11) is 0. The van der Waals surface area contributed by atoms with Crippen molar-refractivity contribution in [3.8, 4) is 0 Å². The number of alkyl halides is 3. The van der Waals surface area contributed by atoms with E-state index in [1.165, 1.54) is 6.07 Å². The van der Waals surface area contributed by atoms with Crippen LogP contribution in [0.15, 0.2) is 30.9 Å². The topological polar surface area (TPSA) is 65.1 Å². The summed E-state index contributed by atoms with van der Waals surface area (Å²) in [6, 6.07) is 3.54. The van der Waals surface area contributed by atoms with Gasteiger partial charge in [-0.2, -0.15) is 13.2 Å². The van der Waals surface area contributed by atoms with Crippen LogP contribution < -0.4 is 10.2 Å². The van der Waals surface area contributed by atoms with Crippen LogP contribution in [0.3, 0.4) is 0 Å². The number of carbonyl (C=O) groups excluding carboxylic acids is 2. The predicted molar refractivity (Wildman–Crippen MR) is 117 cm³/mol. The van der Waals surface area contributed by atoms with Crippen molar-refractivity contribution in [2.75, 3.05) is 63.9 Å². The van der Waals surface area contributed by atoms with Gasteiger partial charge in [0, 0.05) is 45.0 Å². The molecule has 0 radical (unpaired) electrons. The molecule has 0 aliphatic carbocycles. The summed E-state index contributed by atoms with van der Waals surface area (Å²) in [6.07, 6.45) is -2.65. The lowest BCUT2D eigenvalue weighted by Crippen LogP contribution is -2.62. The molecule has 1 aromatic rings. The quantitative estimate of drug-likeness (QED) is 0.667. The van der Waals surface area contributed by atoms with Crippen molar-refractivity contribution in [3.05, 3.63) is 42.0 Å². The predicted octanol–water partition coefficient (Wildman–Crippen LogP) is 1.53. The summed E-state index contributed by atoms with van der Waals surface area (Å²) in [5.74, 6) is -0.707. The number of nitrogens with one attached hydrogen (secondary N) is 1. The molecule has 0 bridgehead atoms. The van der Waals surface area contributed by atoms with E-state index in [1.54, 1.807) is 11.0 Å². The highest BCUT2D eigenvalue weighted by Crippen LogP contribution is 2.39. The SMILES string of the molecule is C=CCNC(=O)[C@H]1Cc2cc(C(F)(F)F)ccc2N2CCN(CC(=O)N3CCOCC3)C[C@@H]12. The van der Waals surface area contributed by atoms with Gasteiger partial charge in [0.1, 0.15) is 0 Å². The first-order chi connectivity index (χ1) is 15.8. The molecule has 0 aromatic heterocycles. The summed E-state index contributed by atoms with van der Waals surface area (Å²) in [5.41, 5.74) is 0.553. The summed E-state index contributed by atoms with van der Waals surface area (Å²) in [4.78, 5) is 31.6. The van der Waals surface area contributed by atoms with Gasteiger partial charge in [-0.3, -0.25) is 14.5 Å². The molecule has 3 heterocycles. The van der Waals surface area contributed by atoms with E-state index in [2.05, 4.69) is 11.9 Å². The van der Waals surface area contributed by atoms with Crippen molar-refractivity contribution >= 4 is 17.5 Å². The zero-order valence-electron chi connectivity index (χ0n) is 18.4. The average molecular weight is 467 g/mol. The Hall–Kier alpha value is -2.59. The summed E-state index contributed by atoms with van der Waals surface area (Å²) < 4.78 is 45.2. The zero-order valence-corrected chi connectivity index (χ0v) is 18.4. The van der Waals surface area contributed by atoms with Crippen LogP contribution in [0, 0.1) is 5.92 Å². The number of piperazine rings is 1. The highest BCUT2D eigenvalue weighted by molar-refractivity contribution is 5.82. The number of amides is 2. The number of halogens is 3. The van der Waals surface area contributed by atoms with Crippen LogP contribution in [0.4, 0.5) is 18.9 Å². The Kier molecular flexibility index (Phi) is 6.94. The average Bonchev–Trinajstić information content (AvgIpc) is 2.81. The van der Waals surface area contributed by atoms with Gasteiger partial charge in [0.2, 0.25) is 11.8 Å². The van der Waals surface area contributed by atoms with Crippen molar-refractivity contribution in [2.45, 2.75) is 18.6 Å². The van der Waals surface area contributed by atoms with Crippen LogP contribution in [-0.4, -0.2) is 86.7 Å². The molecular weight excluding hydrogens is 437 g/mol. The van der Waals surface area contributed by atoms with Crippen LogP contribution in [0.1, 0.15) is 11.1 Å². The van der Waals surface area contributed by atoms with Gasteiger partial charge in [0.25, 0.3) is 0 Å². The van der Waals surface area contributed by atoms with Gasteiger partial charge in [0.05, 0.1) is 37.3 Å². The second kappa shape index (κ2) is 9.72. The van der Waals surface area contributed by atoms with Gasteiger partial charge >= 0.3 is 6.18 Å². The Balaban J connectivity index is 1.55. The van der Waals surface area contributed by atoms with Gasteiger partial charge in [-0.05, 0) is 30.2 Å². The molecule has 33 heavy (non-hydrogen) atoms. The Morgan fingerprint density at radius 3 is 2.64 bits per heavy atom. The van der Waals surface area contributed by atoms with E-state index in [-0.39, 0.29) is 37.4 Å². The molecule has 3 aliphatic rings. The van der Waals surface area contributed by atoms with Crippen molar-refractivity contribution < 1.29 is 27.5 Å². The number of fused-ring (bicyclic) bond motifs is 3. The molecule has 4 rings (SSSR count). The second-order valence-electron chi connectivity index (χ2n) is 8.67. The van der Waals surface area contributed by atoms with Gasteiger partial charge in [-0.1, -0.05) is 6.08 Å². The molecular formula is C23H29F3N4O3. The minimum Gasteiger partial charge on any atom is -0.378 e. The Bertz CT molecular complexity index is 901. The fraction of sp³-hybridized carbons (Fsp3) is 0.565. The van der Waals surface area contributed by atoms with E-state index in [9.17, 15) is 22.8 Å². The fourth-order valence-electron chi connectivity index (χ4n) is 4.91. The van der Waals surface area contributed by atoms with E-state index in [0.717, 1.165) is 17.8 Å². The molecule has 0 unspecified atom stereocenters. The number of nitrogens with zero attached hydrogens (tertiary/aromatic N) is 3. The summed E-state index contributed by atoms with van der Waals surface area (Å²) in [5, 5.41) is 2.80. The van der Waals surface area contributed by atoms with Gasteiger partial charge in [-0.25, -0.2) is 0 Å². The van der Waals surface area contributed by atoms with E-state index in [4.69, 9.17) is 4.74 Å². The Morgan fingerprint density at radius 2 is 1.94 bits per heavy atom. The first-order valence-corrected chi connectivity index (χ1v) is 11.2. The fourth-order valence-corrected chi connectivity index (χ4v) is 4.91. The first-order valence-electron chi connectivity index (χ1n) is 11.2. The van der Waals surface area contributed by atoms with E-state index in [1.807, 2.05) is 9.80 Å². The lowest BCUT2D eigenvalue weighted by molar-refractivity contribution is -0.138. The number of benzene rings is 1. The number of rotatable bonds is 5. The van der Waals surface area contributed by atoms with Crippen LogP contribution in [0.25, 0.3) is 0 Å². The molecule has 1 N–H and O–H groups in total. The maximum absolute atomic E-state index is 13.3. The lowest BCUT2D eigenvalue weighted by Gasteiger charge is -2.49. The maximum atomic E-state index is 13.3. The standard InChI is InChI=1S/C23H29F3N4O3/c1-2-5-27-22(32)18-13-16-12-17(23(24,25)26)3-4-19(16)30-7-6-28(14-20(18)30)15-21(31)29-8-10-33-11-9-29/h2-4,12,18,20H,1,5-11,13-15H2,(H,27,32)/t18-,20-/m0/s1. The van der Waals surface area contributed by atoms with Gasteiger partial charge in [0.15, 0.2) is 0 Å². The van der Waals surface area contributed by atoms with Crippen LogP contribution in [0.2, 0.25) is 0 Å². The molecule has 0 spiro atoms. The highest BCUT2D eigenvalue weighted by atomic mass is 19.4. The van der Waals surface area contributed by atoms with E-state index in [0.29, 0.717) is 51.5 Å². The number of anilines is 1. The van der Waals surface area contributed by atoms with Gasteiger partial charge < -0.3 is 19.9 Å². The Morgan fingerprint density at radius 1 is 1.18 bits per heavy atom. The van der Waals surface area contributed by atoms with Crippen molar-refractivity contribution in [3.63, 3.8) is 0 Å². The summed E-state index contributed by atoms with van der Waals surface area (Å²) >= 11 is 0. The largest absolute Gasteiger partial charge is 0.416 e. The third kappa shape index (κ3) is 5.16. The van der Waals surface area contributed by atoms with Crippen LogP contribution in [0.5, 0.6) is 0 Å². The third-order valence-electron chi connectivity index (χ3n) is 6.60. The monoisotopic (exact) mass is 466 g/mol. The number of ether oxygens (including phenoxy) is 1. The van der Waals surface area contributed by atoms with Crippen molar-refractivity contribution in [1.29, 1.82) is 0 Å². The molecule has 10 heteroatoms. The second-order valence-corrected chi connectivity index (χ2v) is 8.67. The molecule has 0 saturated carbocycles. The highest BCUT2D eigenvalue weighted by Gasteiger charge is 2.43. The molecule has 7 nitrogen and oxygen atoms in total. The van der Waals surface area contributed by atoms with Crippen molar-refractivity contribution in [1.82, 2.24) is 15.1 Å². The third-order valence-corrected chi connectivity index (χ3v) is 6.60. The molecule has 2 amide bonds. The van der Waals surface area contributed by atoms with Crippen molar-refractivity contribution in [2.24, 2.45) is 5.92 Å². The minimum absolute atomic E-state index is 0.0328. The van der Waals surface area contributed by atoms with E-state index < -0.39 is 17.7 Å². The Labute approximate surface area is 191 Å². The van der Waals surface area contributed by atoms with Gasteiger partial charge in [-0.15, -0.1) is 6.58 Å². The smallest absolute Gasteiger partial charge is 0.378 e. The van der Waals surface area contributed by atoms with E-state index >= 15 is 0 Å². The lowest BCUT2D eigenvalue weighted by atomic mass is 9.82.